The lowest BCUT2D eigenvalue weighted by Crippen LogP contribution is -2.54. The van der Waals surface area contributed by atoms with Gasteiger partial charge in [-0.15, -0.1) is 0 Å². The smallest absolute Gasteiger partial charge is 0.300 e. The van der Waals surface area contributed by atoms with E-state index in [2.05, 4.69) is 13.8 Å². The van der Waals surface area contributed by atoms with E-state index in [0.717, 1.165) is 39.0 Å². The molecule has 0 aliphatic heterocycles. The zero-order valence-electron chi connectivity index (χ0n) is 18.2. The second-order valence-corrected chi connectivity index (χ2v) is 10.2. The Hall–Kier alpha value is -1.49. The number of carbonyl (C=O) groups is 3. The molecule has 0 saturated heterocycles. The summed E-state index contributed by atoms with van der Waals surface area (Å²) in [6, 6.07) is 0. The van der Waals surface area contributed by atoms with Crippen molar-refractivity contribution in [3.63, 3.8) is 0 Å². The number of carboxylic acid groups (broad SMARTS) is 1. The van der Waals surface area contributed by atoms with E-state index < -0.39 is 5.97 Å². The molecular weight excluding hydrogens is 368 g/mol. The van der Waals surface area contributed by atoms with Crippen LogP contribution in [0.4, 0.5) is 0 Å². The first kappa shape index (κ1) is 22.2. The predicted octanol–water partition coefficient (Wildman–Crippen LogP) is 4.03. The molecule has 0 heterocycles. The Kier molecular flexibility index (Phi) is 6.11. The Morgan fingerprint density at radius 1 is 1.10 bits per heavy atom. The van der Waals surface area contributed by atoms with Crippen molar-refractivity contribution in [1.29, 1.82) is 0 Å². The number of ketones is 2. The molecule has 162 valence electrons. The van der Waals surface area contributed by atoms with Gasteiger partial charge in [0, 0.05) is 25.9 Å². The molecule has 5 nitrogen and oxygen atoms in total. The van der Waals surface area contributed by atoms with Gasteiger partial charge in [0.1, 0.15) is 5.78 Å². The van der Waals surface area contributed by atoms with Crippen molar-refractivity contribution in [2.75, 3.05) is 6.61 Å². The summed E-state index contributed by atoms with van der Waals surface area (Å²) < 4.78 is 0. The summed E-state index contributed by atoms with van der Waals surface area (Å²) >= 11 is 0. The number of aliphatic carboxylic acids is 1. The van der Waals surface area contributed by atoms with Gasteiger partial charge >= 0.3 is 0 Å². The van der Waals surface area contributed by atoms with Crippen LogP contribution in [0.1, 0.15) is 72.6 Å². The van der Waals surface area contributed by atoms with E-state index in [-0.39, 0.29) is 35.1 Å². The number of carbonyl (C=O) groups excluding carboxylic acids is 2. The van der Waals surface area contributed by atoms with E-state index in [4.69, 9.17) is 9.90 Å². The van der Waals surface area contributed by atoms with Crippen LogP contribution in [0.25, 0.3) is 0 Å². The van der Waals surface area contributed by atoms with Crippen LogP contribution in [0.15, 0.2) is 11.6 Å². The summed E-state index contributed by atoms with van der Waals surface area (Å²) in [5.74, 6) is 1.89. The van der Waals surface area contributed by atoms with E-state index in [1.165, 1.54) is 12.0 Å². The van der Waals surface area contributed by atoms with E-state index >= 15 is 0 Å². The Balaban J connectivity index is 0.000000552. The van der Waals surface area contributed by atoms with Gasteiger partial charge in [-0.25, -0.2) is 0 Å². The molecule has 0 aromatic heterocycles. The number of hydrogen-bond donors (Lipinski definition) is 2. The molecular formula is C24H36O5. The van der Waals surface area contributed by atoms with Crippen molar-refractivity contribution in [2.45, 2.75) is 72.6 Å². The van der Waals surface area contributed by atoms with Gasteiger partial charge in [0.05, 0.1) is 0 Å². The molecule has 0 aromatic rings. The molecule has 7 atom stereocenters. The molecule has 0 bridgehead atoms. The van der Waals surface area contributed by atoms with Gasteiger partial charge in [-0.05, 0) is 86.0 Å². The number of carboxylic acids is 1. The second kappa shape index (κ2) is 7.98. The molecule has 0 radical (unpaired) electrons. The minimum atomic E-state index is -0.833. The first-order chi connectivity index (χ1) is 13.6. The summed E-state index contributed by atoms with van der Waals surface area (Å²) in [5.41, 5.74) is 1.44. The minimum Gasteiger partial charge on any atom is -0.481 e. The number of rotatable bonds is 2. The van der Waals surface area contributed by atoms with Gasteiger partial charge in [-0.1, -0.05) is 19.4 Å². The van der Waals surface area contributed by atoms with Crippen molar-refractivity contribution in [3.8, 4) is 0 Å². The monoisotopic (exact) mass is 404 g/mol. The molecule has 0 spiro atoms. The number of Topliss-reactive ketones (excluding diaryl/α,β-unsaturated/α-hetero) is 1. The van der Waals surface area contributed by atoms with Gasteiger partial charge in [0.2, 0.25) is 0 Å². The molecule has 0 amide bonds. The van der Waals surface area contributed by atoms with E-state index in [0.29, 0.717) is 30.0 Å². The quantitative estimate of drug-likeness (QED) is 0.725. The molecule has 29 heavy (non-hydrogen) atoms. The highest BCUT2D eigenvalue weighted by molar-refractivity contribution is 5.92. The average Bonchev–Trinajstić information content (AvgIpc) is 2.98. The third-order valence-electron chi connectivity index (χ3n) is 8.99. The number of allylic oxidation sites excluding steroid dienone is 1. The molecule has 5 heteroatoms. The van der Waals surface area contributed by atoms with Gasteiger partial charge in [-0.3, -0.25) is 14.4 Å². The number of fused-ring (bicyclic) bond motifs is 5. The third kappa shape index (κ3) is 3.60. The first-order valence-electron chi connectivity index (χ1n) is 11.1. The summed E-state index contributed by atoms with van der Waals surface area (Å²) in [7, 11) is 0. The highest BCUT2D eigenvalue weighted by Gasteiger charge is 2.61. The molecule has 4 aliphatic carbocycles. The van der Waals surface area contributed by atoms with Crippen molar-refractivity contribution >= 4 is 17.5 Å². The lowest BCUT2D eigenvalue weighted by molar-refractivity contribution is -0.134. The normalized spacial score (nSPS) is 43.1. The molecule has 1 unspecified atom stereocenters. The summed E-state index contributed by atoms with van der Waals surface area (Å²) in [6.07, 6.45) is 9.05. The molecule has 2 N–H and O–H groups in total. The largest absolute Gasteiger partial charge is 0.481 e. The molecule has 4 rings (SSSR count). The van der Waals surface area contributed by atoms with Crippen LogP contribution in [0, 0.1) is 40.4 Å². The Morgan fingerprint density at radius 2 is 1.76 bits per heavy atom. The van der Waals surface area contributed by atoms with Crippen molar-refractivity contribution < 1.29 is 24.6 Å². The van der Waals surface area contributed by atoms with Crippen LogP contribution in [0.3, 0.4) is 0 Å². The van der Waals surface area contributed by atoms with Crippen molar-refractivity contribution in [2.24, 2.45) is 40.4 Å². The number of aliphatic hydroxyl groups excluding tert-OH is 1. The maximum atomic E-state index is 12.2. The van der Waals surface area contributed by atoms with Crippen LogP contribution in [-0.2, 0) is 14.4 Å². The average molecular weight is 405 g/mol. The second-order valence-electron chi connectivity index (χ2n) is 10.2. The van der Waals surface area contributed by atoms with Crippen molar-refractivity contribution in [1.82, 2.24) is 0 Å². The Morgan fingerprint density at radius 3 is 2.34 bits per heavy atom. The Bertz CT molecular complexity index is 721. The zero-order chi connectivity index (χ0) is 21.6. The Labute approximate surface area is 173 Å². The zero-order valence-corrected chi connectivity index (χ0v) is 18.2. The fraction of sp³-hybridized carbons (Fsp3) is 0.792. The van der Waals surface area contributed by atoms with Crippen LogP contribution < -0.4 is 0 Å². The topological polar surface area (TPSA) is 91.7 Å². The molecule has 4 aliphatic rings. The third-order valence-corrected chi connectivity index (χ3v) is 8.99. The lowest BCUT2D eigenvalue weighted by Gasteiger charge is -2.60. The number of hydrogen-bond acceptors (Lipinski definition) is 4. The van der Waals surface area contributed by atoms with Gasteiger partial charge in [0.25, 0.3) is 5.97 Å². The van der Waals surface area contributed by atoms with Crippen molar-refractivity contribution in [3.05, 3.63) is 11.6 Å². The number of aliphatic hydroxyl groups is 1. The van der Waals surface area contributed by atoms with Crippen LogP contribution in [-0.4, -0.2) is 34.4 Å². The van der Waals surface area contributed by atoms with Crippen LogP contribution in [0.5, 0.6) is 0 Å². The molecule has 3 saturated carbocycles. The maximum absolute atomic E-state index is 12.2. The predicted molar refractivity (Wildman–Crippen MR) is 110 cm³/mol. The summed E-state index contributed by atoms with van der Waals surface area (Å²) in [5, 5.41) is 17.4. The molecule has 3 fully saturated rings. The van der Waals surface area contributed by atoms with E-state index in [9.17, 15) is 14.7 Å². The first-order valence-corrected chi connectivity index (χ1v) is 11.1. The lowest BCUT2D eigenvalue weighted by atomic mass is 9.44. The van der Waals surface area contributed by atoms with Gasteiger partial charge in [0.15, 0.2) is 5.78 Å². The van der Waals surface area contributed by atoms with Crippen LogP contribution >= 0.6 is 0 Å². The highest BCUT2D eigenvalue weighted by Crippen LogP contribution is 2.67. The van der Waals surface area contributed by atoms with Crippen LogP contribution in [0.2, 0.25) is 0 Å². The summed E-state index contributed by atoms with van der Waals surface area (Å²) in [4.78, 5) is 33.3. The van der Waals surface area contributed by atoms with E-state index in [1.54, 1.807) is 6.92 Å². The maximum Gasteiger partial charge on any atom is 0.300 e. The fourth-order valence-electron chi connectivity index (χ4n) is 7.69. The van der Waals surface area contributed by atoms with Gasteiger partial charge in [-0.2, -0.15) is 0 Å². The minimum absolute atomic E-state index is 0.0266. The summed E-state index contributed by atoms with van der Waals surface area (Å²) in [6.45, 7) is 7.67. The SMILES string of the molecule is CC(=O)O.CC(=O)[C@H]1CC[C@H]2[C@@H]3CCC4=CC(=O)CC(CO)[C@]4(C)[C@H]3CC[C@]12C. The fourth-order valence-corrected chi connectivity index (χ4v) is 7.69. The molecule has 0 aromatic carbocycles. The van der Waals surface area contributed by atoms with Gasteiger partial charge < -0.3 is 10.2 Å². The van der Waals surface area contributed by atoms with E-state index in [1.807, 2.05) is 6.08 Å². The standard InChI is InChI=1S/C22H32O3.C2H4O2/c1-13(24)18-6-7-19-17-5-4-14-10-16(25)11-15(12-23)22(14,3)20(17)8-9-21(18,19)2;1-2(3)4/h10,15,17-20,23H,4-9,11-12H2,1-3H3;1H3,(H,3,4)/t15?,17-,18+,19-,20-,21+,22+;/m0./s1. The highest BCUT2D eigenvalue weighted by atomic mass is 16.4.